The first-order valence-corrected chi connectivity index (χ1v) is 6.68. The second-order valence-corrected chi connectivity index (χ2v) is 5.44. The number of phenolic OH excluding ortho intramolecular Hbond substituents is 1. The zero-order valence-corrected chi connectivity index (χ0v) is 12.0. The Morgan fingerprint density at radius 2 is 2.24 bits per heavy atom. The van der Waals surface area contributed by atoms with Crippen LogP contribution in [0.3, 0.4) is 0 Å². The number of likely N-dealkylation sites (tertiary alicyclic amines) is 1. The minimum Gasteiger partial charge on any atom is -0.508 e. The maximum absolute atomic E-state index is 12.5. The van der Waals surface area contributed by atoms with Crippen LogP contribution < -0.4 is 0 Å². The molecule has 1 aromatic carbocycles. The van der Waals surface area contributed by atoms with Gasteiger partial charge in [-0.3, -0.25) is 14.9 Å². The van der Waals surface area contributed by atoms with Crippen molar-refractivity contribution in [3.8, 4) is 5.75 Å². The Hall–Kier alpha value is -2.15. The first-order valence-electron chi connectivity index (χ1n) is 6.68. The van der Waals surface area contributed by atoms with Gasteiger partial charge in [0, 0.05) is 26.3 Å². The molecule has 1 aliphatic heterocycles. The van der Waals surface area contributed by atoms with Crippen LogP contribution in [0, 0.1) is 10.1 Å². The standard InChI is InChI=1S/C14H18N2O5/c1-14(21-2)6-3-7-15(9-14)13(18)11-8-10(17)4-5-12(11)16(19)20/h4-5,8,17H,3,6-7,9H2,1-2H3. The summed E-state index contributed by atoms with van der Waals surface area (Å²) in [6.45, 7) is 2.79. The van der Waals surface area contributed by atoms with Gasteiger partial charge in [-0.25, -0.2) is 0 Å². The van der Waals surface area contributed by atoms with Crippen LogP contribution in [0.25, 0.3) is 0 Å². The molecule has 0 bridgehead atoms. The van der Waals surface area contributed by atoms with Gasteiger partial charge in [0.2, 0.25) is 0 Å². The molecule has 1 saturated heterocycles. The lowest BCUT2D eigenvalue weighted by molar-refractivity contribution is -0.385. The quantitative estimate of drug-likeness (QED) is 0.679. The van der Waals surface area contributed by atoms with Crippen molar-refractivity contribution in [3.63, 3.8) is 0 Å². The van der Waals surface area contributed by atoms with E-state index in [0.717, 1.165) is 25.0 Å². The molecule has 1 unspecified atom stereocenters. The van der Waals surface area contributed by atoms with Crippen LogP contribution in [0.4, 0.5) is 5.69 Å². The minimum absolute atomic E-state index is 0.0969. The molecule has 7 heteroatoms. The summed E-state index contributed by atoms with van der Waals surface area (Å²) in [4.78, 5) is 24.5. The molecule has 21 heavy (non-hydrogen) atoms. The zero-order chi connectivity index (χ0) is 15.6. The van der Waals surface area contributed by atoms with Gasteiger partial charge in [0.1, 0.15) is 11.3 Å². The summed E-state index contributed by atoms with van der Waals surface area (Å²) in [7, 11) is 1.59. The van der Waals surface area contributed by atoms with E-state index in [1.807, 2.05) is 6.92 Å². The molecule has 1 fully saturated rings. The number of piperidine rings is 1. The second kappa shape index (κ2) is 5.69. The van der Waals surface area contributed by atoms with Crippen LogP contribution in [0.15, 0.2) is 18.2 Å². The summed E-state index contributed by atoms with van der Waals surface area (Å²) >= 11 is 0. The summed E-state index contributed by atoms with van der Waals surface area (Å²) < 4.78 is 5.42. The highest BCUT2D eigenvalue weighted by Crippen LogP contribution is 2.29. The average Bonchev–Trinajstić information content (AvgIpc) is 2.46. The molecule has 0 aliphatic carbocycles. The number of benzene rings is 1. The van der Waals surface area contributed by atoms with Crippen LogP contribution >= 0.6 is 0 Å². The number of rotatable bonds is 3. The molecule has 0 aromatic heterocycles. The number of nitro benzene ring substituents is 1. The first kappa shape index (κ1) is 15.2. The number of ether oxygens (including phenoxy) is 1. The fourth-order valence-corrected chi connectivity index (χ4v) is 2.57. The fraction of sp³-hybridized carbons (Fsp3) is 0.500. The molecule has 0 spiro atoms. The number of amides is 1. The summed E-state index contributed by atoms with van der Waals surface area (Å²) in [5.74, 6) is -0.629. The molecule has 1 N–H and O–H groups in total. The Kier molecular flexibility index (Phi) is 4.13. The highest BCUT2D eigenvalue weighted by molar-refractivity contribution is 5.98. The second-order valence-electron chi connectivity index (χ2n) is 5.44. The van der Waals surface area contributed by atoms with Crippen molar-refractivity contribution in [1.29, 1.82) is 0 Å². The van der Waals surface area contributed by atoms with Crippen LogP contribution in [0.1, 0.15) is 30.1 Å². The Labute approximate surface area is 122 Å². The van der Waals surface area contributed by atoms with Crippen LogP contribution in [0.5, 0.6) is 5.75 Å². The Morgan fingerprint density at radius 1 is 1.52 bits per heavy atom. The predicted molar refractivity (Wildman–Crippen MR) is 75.3 cm³/mol. The number of nitro groups is 1. The van der Waals surface area contributed by atoms with E-state index in [-0.39, 0.29) is 17.0 Å². The number of nitrogens with zero attached hydrogens (tertiary/aromatic N) is 2. The summed E-state index contributed by atoms with van der Waals surface area (Å²) in [5.41, 5.74) is -0.845. The van der Waals surface area contributed by atoms with Crippen molar-refractivity contribution < 1.29 is 19.6 Å². The smallest absolute Gasteiger partial charge is 0.282 e. The summed E-state index contributed by atoms with van der Waals surface area (Å²) in [6.07, 6.45) is 1.60. The van der Waals surface area contributed by atoms with Crippen molar-refractivity contribution in [2.45, 2.75) is 25.4 Å². The van der Waals surface area contributed by atoms with Crippen LogP contribution in [-0.2, 0) is 4.74 Å². The Bertz CT molecular complexity index is 574. The molecule has 7 nitrogen and oxygen atoms in total. The molecule has 0 radical (unpaired) electrons. The van der Waals surface area contributed by atoms with Gasteiger partial charge in [0.15, 0.2) is 0 Å². The van der Waals surface area contributed by atoms with Gasteiger partial charge < -0.3 is 14.7 Å². The van der Waals surface area contributed by atoms with E-state index in [1.54, 1.807) is 7.11 Å². The van der Waals surface area contributed by atoms with Gasteiger partial charge in [-0.05, 0) is 31.9 Å². The topological polar surface area (TPSA) is 92.9 Å². The van der Waals surface area contributed by atoms with Gasteiger partial charge in [-0.2, -0.15) is 0 Å². The van der Waals surface area contributed by atoms with E-state index in [9.17, 15) is 20.0 Å². The van der Waals surface area contributed by atoms with Crippen molar-refractivity contribution in [2.24, 2.45) is 0 Å². The monoisotopic (exact) mass is 294 g/mol. The van der Waals surface area contributed by atoms with Crippen LogP contribution in [-0.4, -0.2) is 46.6 Å². The third kappa shape index (κ3) is 3.13. The first-order chi connectivity index (χ1) is 9.86. The molecule has 1 amide bonds. The number of carbonyl (C=O) groups excluding carboxylic acids is 1. The highest BCUT2D eigenvalue weighted by Gasteiger charge is 2.35. The molecule has 114 valence electrons. The van der Waals surface area contributed by atoms with E-state index >= 15 is 0 Å². The number of aromatic hydroxyl groups is 1. The van der Waals surface area contributed by atoms with E-state index < -0.39 is 16.4 Å². The maximum atomic E-state index is 12.5. The molecule has 1 aromatic rings. The zero-order valence-electron chi connectivity index (χ0n) is 12.0. The third-order valence-corrected chi connectivity index (χ3v) is 3.85. The number of hydrogen-bond donors (Lipinski definition) is 1. The number of phenols is 1. The molecular formula is C14H18N2O5. The largest absolute Gasteiger partial charge is 0.508 e. The lowest BCUT2D eigenvalue weighted by Gasteiger charge is -2.39. The predicted octanol–water partition coefficient (Wildman–Crippen LogP) is 1.94. The maximum Gasteiger partial charge on any atom is 0.282 e. The molecule has 1 aliphatic rings. The molecule has 1 atom stereocenters. The van der Waals surface area contributed by atoms with Gasteiger partial charge in [-0.1, -0.05) is 0 Å². The van der Waals surface area contributed by atoms with Gasteiger partial charge >= 0.3 is 0 Å². The third-order valence-electron chi connectivity index (χ3n) is 3.85. The molecule has 0 saturated carbocycles. The molecule has 1 heterocycles. The van der Waals surface area contributed by atoms with Crippen molar-refractivity contribution in [3.05, 3.63) is 33.9 Å². The Morgan fingerprint density at radius 3 is 2.86 bits per heavy atom. The number of carbonyl (C=O) groups is 1. The Balaban J connectivity index is 2.32. The van der Waals surface area contributed by atoms with Crippen LogP contribution in [0.2, 0.25) is 0 Å². The summed E-state index contributed by atoms with van der Waals surface area (Å²) in [5, 5.41) is 20.5. The normalized spacial score (nSPS) is 22.1. The number of hydrogen-bond acceptors (Lipinski definition) is 5. The SMILES string of the molecule is COC1(C)CCCN(C(=O)c2cc(O)ccc2[N+](=O)[O-])C1. The van der Waals surface area contributed by atoms with Crippen molar-refractivity contribution in [2.75, 3.05) is 20.2 Å². The number of methoxy groups -OCH3 is 1. The fourth-order valence-electron chi connectivity index (χ4n) is 2.57. The molecule has 2 rings (SSSR count). The summed E-state index contributed by atoms with van der Waals surface area (Å²) in [6, 6.07) is 3.48. The van der Waals surface area contributed by atoms with E-state index in [4.69, 9.17) is 4.74 Å². The van der Waals surface area contributed by atoms with Gasteiger partial charge in [-0.15, -0.1) is 0 Å². The van der Waals surface area contributed by atoms with E-state index in [0.29, 0.717) is 13.1 Å². The minimum atomic E-state index is -0.619. The van der Waals surface area contributed by atoms with Crippen molar-refractivity contribution in [1.82, 2.24) is 4.90 Å². The van der Waals surface area contributed by atoms with E-state index in [1.165, 1.54) is 11.0 Å². The van der Waals surface area contributed by atoms with Gasteiger partial charge in [0.05, 0.1) is 10.5 Å². The van der Waals surface area contributed by atoms with Gasteiger partial charge in [0.25, 0.3) is 11.6 Å². The average molecular weight is 294 g/mol. The lowest BCUT2D eigenvalue weighted by Crippen LogP contribution is -2.49. The highest BCUT2D eigenvalue weighted by atomic mass is 16.6. The molecular weight excluding hydrogens is 276 g/mol. The van der Waals surface area contributed by atoms with Crippen molar-refractivity contribution >= 4 is 11.6 Å². The van der Waals surface area contributed by atoms with E-state index in [2.05, 4.69) is 0 Å². The lowest BCUT2D eigenvalue weighted by atomic mass is 9.94.